The summed E-state index contributed by atoms with van der Waals surface area (Å²) in [7, 11) is 2.04. The first kappa shape index (κ1) is 10.9. The zero-order valence-electron chi connectivity index (χ0n) is 10.6. The van der Waals surface area contributed by atoms with E-state index >= 15 is 0 Å². The zero-order chi connectivity index (χ0) is 12.7. The van der Waals surface area contributed by atoms with E-state index in [1.54, 1.807) is 0 Å². The number of nitrogens with one attached hydrogen (secondary N) is 1. The molecule has 4 heteroatoms. The van der Waals surface area contributed by atoms with Crippen LogP contribution in [0.1, 0.15) is 11.1 Å². The van der Waals surface area contributed by atoms with E-state index in [1.165, 1.54) is 5.56 Å². The van der Waals surface area contributed by atoms with E-state index in [0.29, 0.717) is 0 Å². The average molecular weight is 240 g/mol. The SMILES string of the molecule is Cc1cc(N)cc2c1N(C)c1ncccc1CN2. The topological polar surface area (TPSA) is 54.2 Å². The molecule has 3 N–H and O–H groups in total. The number of pyridine rings is 1. The molecule has 3 rings (SSSR count). The van der Waals surface area contributed by atoms with Gasteiger partial charge in [0.05, 0.1) is 11.4 Å². The number of benzene rings is 1. The van der Waals surface area contributed by atoms with Crippen molar-refractivity contribution in [2.75, 3.05) is 23.0 Å². The molecule has 1 aliphatic heterocycles. The fourth-order valence-corrected chi connectivity index (χ4v) is 2.55. The van der Waals surface area contributed by atoms with E-state index in [2.05, 4.69) is 28.2 Å². The van der Waals surface area contributed by atoms with E-state index in [1.807, 2.05) is 31.4 Å². The van der Waals surface area contributed by atoms with Crippen molar-refractivity contribution in [3.63, 3.8) is 0 Å². The molecule has 1 aliphatic rings. The number of anilines is 4. The minimum Gasteiger partial charge on any atom is -0.399 e. The van der Waals surface area contributed by atoms with Crippen LogP contribution in [0.15, 0.2) is 30.5 Å². The van der Waals surface area contributed by atoms with Gasteiger partial charge in [0, 0.05) is 31.0 Å². The van der Waals surface area contributed by atoms with Gasteiger partial charge in [-0.1, -0.05) is 6.07 Å². The maximum absolute atomic E-state index is 5.91. The summed E-state index contributed by atoms with van der Waals surface area (Å²) in [5, 5.41) is 3.43. The van der Waals surface area contributed by atoms with Crippen LogP contribution < -0.4 is 16.0 Å². The monoisotopic (exact) mass is 240 g/mol. The first-order chi connectivity index (χ1) is 8.66. The fourth-order valence-electron chi connectivity index (χ4n) is 2.55. The molecular weight excluding hydrogens is 224 g/mol. The molecule has 0 fully saturated rings. The summed E-state index contributed by atoms with van der Waals surface area (Å²) in [6, 6.07) is 8.03. The largest absolute Gasteiger partial charge is 0.399 e. The van der Waals surface area contributed by atoms with Crippen LogP contribution in [-0.4, -0.2) is 12.0 Å². The molecule has 0 unspecified atom stereocenters. The summed E-state index contributed by atoms with van der Waals surface area (Å²) in [6.07, 6.45) is 1.83. The number of nitrogen functional groups attached to an aromatic ring is 1. The summed E-state index contributed by atoms with van der Waals surface area (Å²) in [4.78, 5) is 6.60. The molecule has 0 saturated heterocycles. The van der Waals surface area contributed by atoms with Crippen LogP contribution in [0.4, 0.5) is 22.9 Å². The highest BCUT2D eigenvalue weighted by molar-refractivity contribution is 5.83. The van der Waals surface area contributed by atoms with Crippen LogP contribution in [-0.2, 0) is 6.54 Å². The van der Waals surface area contributed by atoms with Gasteiger partial charge in [-0.2, -0.15) is 0 Å². The van der Waals surface area contributed by atoms with Gasteiger partial charge in [-0.25, -0.2) is 4.98 Å². The average Bonchev–Trinajstić information content (AvgIpc) is 2.48. The Bertz CT molecular complexity index is 607. The Morgan fingerprint density at radius 1 is 1.39 bits per heavy atom. The Kier molecular flexibility index (Phi) is 2.37. The first-order valence-electron chi connectivity index (χ1n) is 5.98. The lowest BCUT2D eigenvalue weighted by molar-refractivity contribution is 1.08. The Balaban J connectivity index is 2.22. The van der Waals surface area contributed by atoms with E-state index < -0.39 is 0 Å². The van der Waals surface area contributed by atoms with Crippen molar-refractivity contribution < 1.29 is 0 Å². The van der Waals surface area contributed by atoms with Crippen LogP contribution >= 0.6 is 0 Å². The van der Waals surface area contributed by atoms with Crippen molar-refractivity contribution in [1.82, 2.24) is 4.98 Å². The Morgan fingerprint density at radius 3 is 3.06 bits per heavy atom. The van der Waals surface area contributed by atoms with Crippen LogP contribution in [0.25, 0.3) is 0 Å². The lowest BCUT2D eigenvalue weighted by Gasteiger charge is -2.22. The minimum atomic E-state index is 0.767. The standard InChI is InChI=1S/C14H16N4/c1-9-6-11(15)7-12-13(9)18(2)14-10(8-17-12)4-3-5-16-14/h3-7,17H,8,15H2,1-2H3. The predicted molar refractivity (Wildman–Crippen MR) is 75.2 cm³/mol. The van der Waals surface area contributed by atoms with Crippen LogP contribution in [0, 0.1) is 6.92 Å². The highest BCUT2D eigenvalue weighted by atomic mass is 15.2. The first-order valence-corrected chi connectivity index (χ1v) is 5.98. The van der Waals surface area contributed by atoms with Gasteiger partial charge in [0.25, 0.3) is 0 Å². The second kappa shape index (κ2) is 3.91. The highest BCUT2D eigenvalue weighted by Gasteiger charge is 2.20. The summed E-state index contributed by atoms with van der Waals surface area (Å²) >= 11 is 0. The molecule has 1 aromatic carbocycles. The molecule has 18 heavy (non-hydrogen) atoms. The number of nitrogens with two attached hydrogens (primary N) is 1. The van der Waals surface area contributed by atoms with Gasteiger partial charge in [0.15, 0.2) is 0 Å². The Labute approximate surface area is 106 Å². The molecule has 92 valence electrons. The van der Waals surface area contributed by atoms with Crippen molar-refractivity contribution in [2.45, 2.75) is 13.5 Å². The summed E-state index contributed by atoms with van der Waals surface area (Å²) < 4.78 is 0. The van der Waals surface area contributed by atoms with E-state index in [9.17, 15) is 0 Å². The molecule has 0 radical (unpaired) electrons. The quantitative estimate of drug-likeness (QED) is 0.695. The van der Waals surface area contributed by atoms with Crippen molar-refractivity contribution in [3.8, 4) is 0 Å². The normalized spacial score (nSPS) is 13.3. The molecule has 2 heterocycles. The van der Waals surface area contributed by atoms with E-state index in [0.717, 1.165) is 35.0 Å². The number of rotatable bonds is 0. The maximum Gasteiger partial charge on any atom is 0.137 e. The van der Waals surface area contributed by atoms with Gasteiger partial charge in [-0.15, -0.1) is 0 Å². The van der Waals surface area contributed by atoms with Gasteiger partial charge in [-0.05, 0) is 30.7 Å². The molecule has 2 aromatic rings. The Hall–Kier alpha value is -2.23. The Morgan fingerprint density at radius 2 is 2.22 bits per heavy atom. The number of hydrogen-bond acceptors (Lipinski definition) is 4. The molecule has 0 spiro atoms. The van der Waals surface area contributed by atoms with Crippen LogP contribution in [0.5, 0.6) is 0 Å². The summed E-state index contributed by atoms with van der Waals surface area (Å²) in [6.45, 7) is 2.84. The minimum absolute atomic E-state index is 0.767. The van der Waals surface area contributed by atoms with Gasteiger partial charge in [0.2, 0.25) is 0 Å². The third kappa shape index (κ3) is 1.57. The van der Waals surface area contributed by atoms with Gasteiger partial charge < -0.3 is 16.0 Å². The number of fused-ring (bicyclic) bond motifs is 2. The van der Waals surface area contributed by atoms with Crippen LogP contribution in [0.3, 0.4) is 0 Å². The summed E-state index contributed by atoms with van der Waals surface area (Å²) in [5.74, 6) is 0.997. The van der Waals surface area contributed by atoms with Gasteiger partial charge in [0.1, 0.15) is 5.82 Å². The molecule has 0 amide bonds. The third-order valence-electron chi connectivity index (χ3n) is 3.31. The van der Waals surface area contributed by atoms with E-state index in [4.69, 9.17) is 5.73 Å². The van der Waals surface area contributed by atoms with Crippen molar-refractivity contribution in [1.29, 1.82) is 0 Å². The maximum atomic E-state index is 5.91. The second-order valence-electron chi connectivity index (χ2n) is 4.63. The molecule has 4 nitrogen and oxygen atoms in total. The zero-order valence-corrected chi connectivity index (χ0v) is 10.6. The molecule has 0 atom stereocenters. The van der Waals surface area contributed by atoms with Crippen molar-refractivity contribution >= 4 is 22.9 Å². The molecule has 1 aromatic heterocycles. The van der Waals surface area contributed by atoms with Crippen molar-refractivity contribution in [2.24, 2.45) is 0 Å². The number of aryl methyl sites for hydroxylation is 1. The smallest absolute Gasteiger partial charge is 0.137 e. The van der Waals surface area contributed by atoms with Gasteiger partial charge >= 0.3 is 0 Å². The van der Waals surface area contributed by atoms with Crippen molar-refractivity contribution in [3.05, 3.63) is 41.6 Å². The van der Waals surface area contributed by atoms with Crippen LogP contribution in [0.2, 0.25) is 0 Å². The molecule has 0 aliphatic carbocycles. The number of hydrogen-bond donors (Lipinski definition) is 2. The third-order valence-corrected chi connectivity index (χ3v) is 3.31. The predicted octanol–water partition coefficient (Wildman–Crippen LogP) is 2.67. The molecular formula is C14H16N4. The summed E-state index contributed by atoms with van der Waals surface area (Å²) in [5.41, 5.74) is 11.2. The lowest BCUT2D eigenvalue weighted by atomic mass is 10.1. The highest BCUT2D eigenvalue weighted by Crippen LogP contribution is 2.38. The van der Waals surface area contributed by atoms with E-state index in [-0.39, 0.29) is 0 Å². The second-order valence-corrected chi connectivity index (χ2v) is 4.63. The number of nitrogens with zero attached hydrogens (tertiary/aromatic N) is 2. The molecule has 0 bridgehead atoms. The van der Waals surface area contributed by atoms with Gasteiger partial charge in [-0.3, -0.25) is 0 Å². The lowest BCUT2D eigenvalue weighted by Crippen LogP contribution is -2.13. The fraction of sp³-hybridized carbons (Fsp3) is 0.214. The number of aromatic nitrogens is 1. The molecule has 0 saturated carbocycles.